The normalized spacial score (nSPS) is 11.1. The van der Waals surface area contributed by atoms with Gasteiger partial charge >= 0.3 is 5.97 Å². The van der Waals surface area contributed by atoms with E-state index in [1.807, 2.05) is 18.2 Å². The monoisotopic (exact) mass is 215 g/mol. The summed E-state index contributed by atoms with van der Waals surface area (Å²) in [6, 6.07) is 9.15. The number of ether oxygens (including phenoxy) is 1. The number of aromatic nitrogens is 1. The third-order valence-corrected chi connectivity index (χ3v) is 2.58. The van der Waals surface area contributed by atoms with Crippen LogP contribution in [0.2, 0.25) is 0 Å². The number of fused-ring (bicyclic) bond motifs is 3. The van der Waals surface area contributed by atoms with Crippen LogP contribution in [0.15, 0.2) is 34.7 Å². The minimum absolute atomic E-state index is 0.386. The molecule has 80 valence electrons. The highest BCUT2D eigenvalue weighted by molar-refractivity contribution is 6.04. The predicted molar refractivity (Wildman–Crippen MR) is 59.4 cm³/mol. The number of methoxy groups -OCH3 is 1. The Kier molecular flexibility index (Phi) is 1.77. The van der Waals surface area contributed by atoms with Gasteiger partial charge in [0.15, 0.2) is 5.58 Å². The Morgan fingerprint density at radius 2 is 2.12 bits per heavy atom. The van der Waals surface area contributed by atoms with Crippen molar-refractivity contribution < 1.29 is 13.9 Å². The Labute approximate surface area is 90.8 Å². The fraction of sp³-hybridized carbons (Fsp3) is 0.0833. The number of pyridine rings is 1. The van der Waals surface area contributed by atoms with Crippen LogP contribution in [0, 0.1) is 0 Å². The van der Waals surface area contributed by atoms with Gasteiger partial charge in [-0.05, 0) is 24.3 Å². The van der Waals surface area contributed by atoms with E-state index in [0.717, 1.165) is 22.1 Å². The predicted octanol–water partition coefficient (Wildman–Crippen LogP) is 2.70. The van der Waals surface area contributed by atoms with Crippen molar-refractivity contribution in [3.05, 3.63) is 36.0 Å². The van der Waals surface area contributed by atoms with Crippen molar-refractivity contribution in [2.75, 3.05) is 7.11 Å². The summed E-state index contributed by atoms with van der Waals surface area (Å²) in [5, 5.41) is 0.973. The molecule has 3 aromatic rings. The lowest BCUT2D eigenvalue weighted by atomic mass is 10.3. The molecule has 4 nitrogen and oxygen atoms in total. The summed E-state index contributed by atoms with van der Waals surface area (Å²) in [5.41, 5.74) is 2.79. The average molecular weight is 215 g/mol. The minimum Gasteiger partial charge on any atom is -0.464 e. The summed E-state index contributed by atoms with van der Waals surface area (Å²) in [4.78, 5) is 14.4. The molecule has 0 bridgehead atoms. The summed E-state index contributed by atoms with van der Waals surface area (Å²) in [5.74, 6) is -0.386. The van der Waals surface area contributed by atoms with Crippen molar-refractivity contribution >= 4 is 28.0 Å². The molecule has 0 saturated heterocycles. The molecule has 2 heterocycles. The van der Waals surface area contributed by atoms with Crippen LogP contribution in [0.5, 0.6) is 0 Å². The number of hydrogen-bond donors (Lipinski definition) is 1. The largest absolute Gasteiger partial charge is 0.464 e. The maximum absolute atomic E-state index is 11.4. The molecule has 0 aliphatic heterocycles. The topological polar surface area (TPSA) is 55.2 Å². The number of esters is 1. The lowest BCUT2D eigenvalue weighted by molar-refractivity contribution is 0.0594. The van der Waals surface area contributed by atoms with E-state index in [2.05, 4.69) is 9.72 Å². The van der Waals surface area contributed by atoms with Gasteiger partial charge in [-0.25, -0.2) is 4.79 Å². The van der Waals surface area contributed by atoms with Gasteiger partial charge in [0, 0.05) is 5.39 Å². The third-order valence-electron chi connectivity index (χ3n) is 2.58. The van der Waals surface area contributed by atoms with E-state index in [-0.39, 0.29) is 5.97 Å². The fourth-order valence-electron chi connectivity index (χ4n) is 1.81. The number of carbonyl (C=O) groups excluding carboxylic acids is 1. The zero-order valence-corrected chi connectivity index (χ0v) is 8.61. The molecule has 0 saturated carbocycles. The van der Waals surface area contributed by atoms with Gasteiger partial charge in [0.2, 0.25) is 0 Å². The van der Waals surface area contributed by atoms with E-state index in [1.165, 1.54) is 7.11 Å². The zero-order chi connectivity index (χ0) is 11.1. The van der Waals surface area contributed by atoms with Gasteiger partial charge in [-0.1, -0.05) is 6.07 Å². The maximum atomic E-state index is 11.4. The van der Waals surface area contributed by atoms with Gasteiger partial charge in [-0.2, -0.15) is 0 Å². The first kappa shape index (κ1) is 9.03. The summed E-state index contributed by atoms with van der Waals surface area (Å²) in [6.45, 7) is 0. The molecule has 0 atom stereocenters. The van der Waals surface area contributed by atoms with Crippen LogP contribution in [0.3, 0.4) is 0 Å². The number of rotatable bonds is 1. The number of nitrogens with one attached hydrogen (secondary N) is 1. The van der Waals surface area contributed by atoms with Gasteiger partial charge < -0.3 is 14.1 Å². The molecule has 1 N–H and O–H groups in total. The van der Waals surface area contributed by atoms with Crippen LogP contribution >= 0.6 is 0 Å². The van der Waals surface area contributed by atoms with Crippen LogP contribution < -0.4 is 0 Å². The maximum Gasteiger partial charge on any atom is 0.354 e. The van der Waals surface area contributed by atoms with Crippen LogP contribution in [0.1, 0.15) is 10.5 Å². The van der Waals surface area contributed by atoms with Crippen molar-refractivity contribution in [2.45, 2.75) is 0 Å². The molecular formula is C12H9NO3. The molecule has 16 heavy (non-hydrogen) atoms. The summed E-state index contributed by atoms with van der Waals surface area (Å²) >= 11 is 0. The Morgan fingerprint density at radius 1 is 1.25 bits per heavy atom. The van der Waals surface area contributed by atoms with E-state index in [1.54, 1.807) is 12.1 Å². The second-order valence-electron chi connectivity index (χ2n) is 3.51. The average Bonchev–Trinajstić information content (AvgIpc) is 2.87. The van der Waals surface area contributed by atoms with Gasteiger partial charge in [0.1, 0.15) is 11.3 Å². The first-order valence-electron chi connectivity index (χ1n) is 4.88. The van der Waals surface area contributed by atoms with Crippen molar-refractivity contribution in [3.63, 3.8) is 0 Å². The molecule has 1 aromatic carbocycles. The van der Waals surface area contributed by atoms with Crippen LogP contribution in [0.25, 0.3) is 22.1 Å². The molecule has 4 heteroatoms. The van der Waals surface area contributed by atoms with Crippen molar-refractivity contribution in [1.82, 2.24) is 4.98 Å². The lowest BCUT2D eigenvalue weighted by Crippen LogP contribution is -2.03. The standard InChI is InChI=1S/C12H9NO3/c1-15-12(14)8-5-6-10-11(13-8)7-3-2-4-9(7)16-10/h2-6,13H,1H3. The Hall–Kier alpha value is -2.23. The van der Waals surface area contributed by atoms with Crippen molar-refractivity contribution in [3.8, 4) is 0 Å². The zero-order valence-electron chi connectivity index (χ0n) is 8.61. The first-order valence-corrected chi connectivity index (χ1v) is 4.88. The number of aromatic amines is 1. The Morgan fingerprint density at radius 3 is 2.94 bits per heavy atom. The highest BCUT2D eigenvalue weighted by Crippen LogP contribution is 2.27. The molecule has 2 aromatic heterocycles. The molecule has 0 fully saturated rings. The van der Waals surface area contributed by atoms with E-state index in [9.17, 15) is 4.79 Å². The van der Waals surface area contributed by atoms with Crippen LogP contribution in [-0.4, -0.2) is 18.1 Å². The van der Waals surface area contributed by atoms with Crippen LogP contribution in [0.4, 0.5) is 0 Å². The SMILES string of the molecule is COC(=O)c1ccc2oc3cccc3c2[nH]1. The highest BCUT2D eigenvalue weighted by atomic mass is 16.5. The number of hydrogen-bond acceptors (Lipinski definition) is 3. The molecule has 0 unspecified atom stereocenters. The van der Waals surface area contributed by atoms with Crippen molar-refractivity contribution in [2.24, 2.45) is 0 Å². The number of furan rings is 1. The second-order valence-corrected chi connectivity index (χ2v) is 3.51. The van der Waals surface area contributed by atoms with Crippen molar-refractivity contribution in [1.29, 1.82) is 0 Å². The van der Waals surface area contributed by atoms with Gasteiger partial charge in [0.25, 0.3) is 0 Å². The number of H-pyrrole nitrogens is 1. The highest BCUT2D eigenvalue weighted by Gasteiger charge is 2.11. The first-order chi connectivity index (χ1) is 7.79. The lowest BCUT2D eigenvalue weighted by Gasteiger charge is -1.99. The summed E-state index contributed by atoms with van der Waals surface area (Å²) < 4.78 is 10.2. The molecule has 0 aliphatic carbocycles. The van der Waals surface area contributed by atoms with E-state index in [0.29, 0.717) is 5.69 Å². The Balaban J connectivity index is 2.32. The molecular weight excluding hydrogens is 206 g/mol. The van der Waals surface area contributed by atoms with Gasteiger partial charge in [-0.3, -0.25) is 0 Å². The molecule has 0 amide bonds. The smallest absolute Gasteiger partial charge is 0.354 e. The Bertz CT molecular complexity index is 678. The minimum atomic E-state index is -0.386. The third kappa shape index (κ3) is 1.13. The fourth-order valence-corrected chi connectivity index (χ4v) is 1.81. The molecule has 3 rings (SSSR count). The quantitative estimate of drug-likeness (QED) is 0.635. The molecule has 0 radical (unpaired) electrons. The van der Waals surface area contributed by atoms with Gasteiger partial charge in [-0.15, -0.1) is 0 Å². The second kappa shape index (κ2) is 3.13. The molecule has 0 spiro atoms. The van der Waals surface area contributed by atoms with Gasteiger partial charge in [0.05, 0.1) is 12.6 Å². The summed E-state index contributed by atoms with van der Waals surface area (Å²) in [7, 11) is 1.36. The van der Waals surface area contributed by atoms with E-state index in [4.69, 9.17) is 4.42 Å². The summed E-state index contributed by atoms with van der Waals surface area (Å²) in [6.07, 6.45) is 0. The molecule has 0 aliphatic rings. The van der Waals surface area contributed by atoms with Crippen LogP contribution in [-0.2, 0) is 4.74 Å². The van der Waals surface area contributed by atoms with E-state index < -0.39 is 0 Å². The van der Waals surface area contributed by atoms with E-state index >= 15 is 0 Å². The number of carbonyl (C=O) groups is 1.